The lowest BCUT2D eigenvalue weighted by Gasteiger charge is -2.42. The largest absolute Gasteiger partial charge is 0.362 e. The number of aromatic nitrogens is 2. The Bertz CT molecular complexity index is 570. The Morgan fingerprint density at radius 2 is 1.89 bits per heavy atom. The van der Waals surface area contributed by atoms with Gasteiger partial charge in [0.25, 0.3) is 0 Å². The Balaban J connectivity index is 1.98. The minimum atomic E-state index is 0.0435. The van der Waals surface area contributed by atoms with Crippen LogP contribution in [0.4, 0.5) is 5.82 Å². The molecule has 1 aromatic heterocycles. The van der Waals surface area contributed by atoms with E-state index in [9.17, 15) is 0 Å². The molecule has 1 aromatic carbocycles. The molecule has 0 bridgehead atoms. The van der Waals surface area contributed by atoms with E-state index in [0.717, 1.165) is 35.4 Å². The maximum atomic E-state index is 5.87. The number of hydrogen-bond donors (Lipinski definition) is 2. The molecule has 0 spiro atoms. The molecule has 4 nitrogen and oxygen atoms in total. The summed E-state index contributed by atoms with van der Waals surface area (Å²) >= 11 is 0. The van der Waals surface area contributed by atoms with E-state index < -0.39 is 0 Å². The number of aryl methyl sites for hydroxylation is 1. The standard InChI is InChI=1S/C14H18N4/c1-10-13(18-14(9-15)7-4-8-14)17-12-6-3-2-5-11(12)16-10/h2-3,5-6H,4,7-9,15H2,1H3,(H,17,18). The molecule has 0 amide bonds. The number of anilines is 1. The molecule has 1 fully saturated rings. The summed E-state index contributed by atoms with van der Waals surface area (Å²) in [7, 11) is 0. The smallest absolute Gasteiger partial charge is 0.148 e. The Morgan fingerprint density at radius 1 is 1.22 bits per heavy atom. The maximum Gasteiger partial charge on any atom is 0.148 e. The number of hydrogen-bond acceptors (Lipinski definition) is 4. The summed E-state index contributed by atoms with van der Waals surface area (Å²) in [6.45, 7) is 2.64. The Hall–Kier alpha value is -1.68. The molecule has 4 heteroatoms. The molecule has 1 heterocycles. The van der Waals surface area contributed by atoms with Gasteiger partial charge in [0, 0.05) is 6.54 Å². The van der Waals surface area contributed by atoms with Gasteiger partial charge in [-0.3, -0.25) is 0 Å². The van der Waals surface area contributed by atoms with Gasteiger partial charge in [-0.05, 0) is 38.3 Å². The van der Waals surface area contributed by atoms with Crippen molar-refractivity contribution >= 4 is 16.9 Å². The Morgan fingerprint density at radius 3 is 2.44 bits per heavy atom. The number of nitrogens with zero attached hydrogens (tertiary/aromatic N) is 2. The van der Waals surface area contributed by atoms with E-state index in [0.29, 0.717) is 6.54 Å². The highest BCUT2D eigenvalue weighted by Gasteiger charge is 2.36. The van der Waals surface area contributed by atoms with E-state index >= 15 is 0 Å². The quantitative estimate of drug-likeness (QED) is 0.866. The third-order valence-corrected chi connectivity index (χ3v) is 3.83. The van der Waals surface area contributed by atoms with Gasteiger partial charge in [-0.2, -0.15) is 0 Å². The third kappa shape index (κ3) is 1.82. The first-order valence-electron chi connectivity index (χ1n) is 6.44. The molecule has 0 atom stereocenters. The van der Waals surface area contributed by atoms with E-state index in [1.807, 2.05) is 31.2 Å². The highest BCUT2D eigenvalue weighted by molar-refractivity contribution is 5.76. The zero-order chi connectivity index (χ0) is 12.6. The Labute approximate surface area is 107 Å². The zero-order valence-corrected chi connectivity index (χ0v) is 10.6. The van der Waals surface area contributed by atoms with Crippen molar-refractivity contribution in [1.29, 1.82) is 0 Å². The molecule has 1 saturated carbocycles. The van der Waals surface area contributed by atoms with E-state index in [4.69, 9.17) is 5.73 Å². The van der Waals surface area contributed by atoms with Crippen molar-refractivity contribution in [2.24, 2.45) is 5.73 Å². The fraction of sp³-hybridized carbons (Fsp3) is 0.429. The fourth-order valence-electron chi connectivity index (χ4n) is 2.44. The van der Waals surface area contributed by atoms with Gasteiger partial charge in [-0.15, -0.1) is 0 Å². The van der Waals surface area contributed by atoms with Crippen molar-refractivity contribution in [2.75, 3.05) is 11.9 Å². The molecule has 18 heavy (non-hydrogen) atoms. The van der Waals surface area contributed by atoms with Crippen molar-refractivity contribution in [1.82, 2.24) is 9.97 Å². The van der Waals surface area contributed by atoms with Gasteiger partial charge in [0.05, 0.1) is 22.3 Å². The molecule has 0 unspecified atom stereocenters. The summed E-state index contributed by atoms with van der Waals surface area (Å²) in [5.41, 5.74) is 8.72. The molecule has 0 aliphatic heterocycles. The van der Waals surface area contributed by atoms with Gasteiger partial charge in [0.2, 0.25) is 0 Å². The van der Waals surface area contributed by atoms with E-state index in [1.54, 1.807) is 0 Å². The Kier molecular flexibility index (Phi) is 2.67. The summed E-state index contributed by atoms with van der Waals surface area (Å²) in [4.78, 5) is 9.25. The van der Waals surface area contributed by atoms with Crippen molar-refractivity contribution in [2.45, 2.75) is 31.7 Å². The second-order valence-electron chi connectivity index (χ2n) is 5.11. The van der Waals surface area contributed by atoms with Gasteiger partial charge in [-0.25, -0.2) is 9.97 Å². The van der Waals surface area contributed by atoms with E-state index in [2.05, 4.69) is 15.3 Å². The molecule has 2 aromatic rings. The molecular formula is C14H18N4. The van der Waals surface area contributed by atoms with Crippen molar-refractivity contribution in [3.8, 4) is 0 Å². The van der Waals surface area contributed by atoms with Crippen LogP contribution in [0.3, 0.4) is 0 Å². The molecule has 1 aliphatic carbocycles. The van der Waals surface area contributed by atoms with Gasteiger partial charge in [0.15, 0.2) is 0 Å². The zero-order valence-electron chi connectivity index (χ0n) is 10.6. The highest BCUT2D eigenvalue weighted by Crippen LogP contribution is 2.34. The molecule has 3 rings (SSSR count). The van der Waals surface area contributed by atoms with Crippen LogP contribution in [0.1, 0.15) is 25.0 Å². The normalized spacial score (nSPS) is 17.4. The summed E-state index contributed by atoms with van der Waals surface area (Å²) in [5, 5.41) is 3.50. The lowest BCUT2D eigenvalue weighted by Crippen LogP contribution is -2.51. The summed E-state index contributed by atoms with van der Waals surface area (Å²) < 4.78 is 0. The average molecular weight is 242 g/mol. The lowest BCUT2D eigenvalue weighted by molar-refractivity contribution is 0.286. The number of fused-ring (bicyclic) bond motifs is 1. The van der Waals surface area contributed by atoms with Crippen molar-refractivity contribution in [3.63, 3.8) is 0 Å². The first-order chi connectivity index (χ1) is 8.72. The van der Waals surface area contributed by atoms with Gasteiger partial charge < -0.3 is 11.1 Å². The van der Waals surface area contributed by atoms with Crippen LogP contribution < -0.4 is 11.1 Å². The number of benzene rings is 1. The van der Waals surface area contributed by atoms with E-state index in [-0.39, 0.29) is 5.54 Å². The predicted molar refractivity (Wildman–Crippen MR) is 73.5 cm³/mol. The number of rotatable bonds is 3. The minimum absolute atomic E-state index is 0.0435. The second kappa shape index (κ2) is 4.21. The second-order valence-corrected chi connectivity index (χ2v) is 5.11. The average Bonchev–Trinajstić information content (AvgIpc) is 2.34. The fourth-order valence-corrected chi connectivity index (χ4v) is 2.44. The summed E-state index contributed by atoms with van der Waals surface area (Å²) in [6, 6.07) is 7.94. The number of para-hydroxylation sites is 2. The first kappa shape index (κ1) is 11.4. The van der Waals surface area contributed by atoms with Gasteiger partial charge in [-0.1, -0.05) is 12.1 Å². The maximum absolute atomic E-state index is 5.87. The van der Waals surface area contributed by atoms with Crippen LogP contribution in [0.25, 0.3) is 11.0 Å². The van der Waals surface area contributed by atoms with E-state index in [1.165, 1.54) is 6.42 Å². The lowest BCUT2D eigenvalue weighted by atomic mass is 9.77. The molecule has 94 valence electrons. The molecular weight excluding hydrogens is 224 g/mol. The molecule has 3 N–H and O–H groups in total. The van der Waals surface area contributed by atoms with Gasteiger partial charge >= 0.3 is 0 Å². The molecule has 1 aliphatic rings. The number of nitrogens with one attached hydrogen (secondary N) is 1. The van der Waals surface area contributed by atoms with Crippen LogP contribution in [0.5, 0.6) is 0 Å². The van der Waals surface area contributed by atoms with Crippen LogP contribution in [0, 0.1) is 6.92 Å². The first-order valence-corrected chi connectivity index (χ1v) is 6.44. The SMILES string of the molecule is Cc1nc2ccccc2nc1NC1(CN)CCC1. The van der Waals surface area contributed by atoms with Gasteiger partial charge in [0.1, 0.15) is 5.82 Å². The topological polar surface area (TPSA) is 63.8 Å². The highest BCUT2D eigenvalue weighted by atomic mass is 15.1. The third-order valence-electron chi connectivity index (χ3n) is 3.83. The van der Waals surface area contributed by atoms with Crippen LogP contribution in [-0.4, -0.2) is 22.1 Å². The monoisotopic (exact) mass is 242 g/mol. The van der Waals surface area contributed by atoms with Crippen LogP contribution in [0.2, 0.25) is 0 Å². The molecule has 0 radical (unpaired) electrons. The van der Waals surface area contributed by atoms with Crippen LogP contribution in [-0.2, 0) is 0 Å². The predicted octanol–water partition coefficient (Wildman–Crippen LogP) is 2.23. The van der Waals surface area contributed by atoms with Crippen molar-refractivity contribution in [3.05, 3.63) is 30.0 Å². The van der Waals surface area contributed by atoms with Crippen LogP contribution >= 0.6 is 0 Å². The minimum Gasteiger partial charge on any atom is -0.362 e. The summed E-state index contributed by atoms with van der Waals surface area (Å²) in [6.07, 6.45) is 3.49. The van der Waals surface area contributed by atoms with Crippen LogP contribution in [0.15, 0.2) is 24.3 Å². The van der Waals surface area contributed by atoms with Crippen molar-refractivity contribution < 1.29 is 0 Å². The molecule has 0 saturated heterocycles. The number of nitrogens with two attached hydrogens (primary N) is 1. The summed E-state index contributed by atoms with van der Waals surface area (Å²) in [5.74, 6) is 0.874.